The van der Waals surface area contributed by atoms with Crippen molar-refractivity contribution in [1.29, 1.82) is 0 Å². The first-order valence-corrected chi connectivity index (χ1v) is 5.24. The fourth-order valence-corrected chi connectivity index (χ4v) is 1.71. The molecule has 1 N–H and O–H groups in total. The molecule has 0 saturated heterocycles. The van der Waals surface area contributed by atoms with Crippen LogP contribution in [0.2, 0.25) is 0 Å². The van der Waals surface area contributed by atoms with E-state index in [2.05, 4.69) is 9.97 Å². The van der Waals surface area contributed by atoms with E-state index < -0.39 is 6.10 Å². The smallest absolute Gasteiger partial charge is 0.111 e. The van der Waals surface area contributed by atoms with Crippen LogP contribution < -0.4 is 0 Å². The molecule has 0 aromatic carbocycles. The summed E-state index contributed by atoms with van der Waals surface area (Å²) in [5.41, 5.74) is 1.73. The van der Waals surface area contributed by atoms with Gasteiger partial charge in [0, 0.05) is 32.1 Å². The number of aliphatic hydroxyl groups is 1. The maximum absolute atomic E-state index is 10.1. The fourth-order valence-electron chi connectivity index (χ4n) is 1.71. The van der Waals surface area contributed by atoms with Gasteiger partial charge in [0.15, 0.2) is 0 Å². The molecule has 4 nitrogen and oxygen atoms in total. The summed E-state index contributed by atoms with van der Waals surface area (Å²) in [7, 11) is 1.92. The van der Waals surface area contributed by atoms with Crippen LogP contribution in [0, 0.1) is 6.92 Å². The molecule has 1 atom stereocenters. The summed E-state index contributed by atoms with van der Waals surface area (Å²) in [5.74, 6) is 0.859. The number of aromatic nitrogens is 3. The van der Waals surface area contributed by atoms with E-state index in [0.717, 1.165) is 17.1 Å². The van der Waals surface area contributed by atoms with Crippen molar-refractivity contribution < 1.29 is 5.11 Å². The van der Waals surface area contributed by atoms with Gasteiger partial charge in [0.2, 0.25) is 0 Å². The van der Waals surface area contributed by atoms with E-state index in [0.29, 0.717) is 6.42 Å². The Morgan fingerprint density at radius 1 is 1.38 bits per heavy atom. The van der Waals surface area contributed by atoms with Crippen LogP contribution in [0.3, 0.4) is 0 Å². The average Bonchev–Trinajstić information content (AvgIpc) is 2.65. The highest BCUT2D eigenvalue weighted by molar-refractivity contribution is 5.20. The van der Waals surface area contributed by atoms with E-state index in [1.54, 1.807) is 12.4 Å². The predicted molar refractivity (Wildman–Crippen MR) is 60.8 cm³/mol. The molecule has 1 unspecified atom stereocenters. The third kappa shape index (κ3) is 2.12. The standard InChI is InChI=1S/C12H15N3O/c1-9-4-3-5-14-12(9)10(16)8-11-13-6-7-15(11)2/h3-7,10,16H,8H2,1-2H3. The van der Waals surface area contributed by atoms with Gasteiger partial charge in [-0.2, -0.15) is 0 Å². The second-order valence-corrected chi connectivity index (χ2v) is 3.88. The maximum atomic E-state index is 10.1. The summed E-state index contributed by atoms with van der Waals surface area (Å²) >= 11 is 0. The minimum Gasteiger partial charge on any atom is -0.386 e. The van der Waals surface area contributed by atoms with Crippen LogP contribution in [0.5, 0.6) is 0 Å². The molecule has 2 rings (SSSR count). The summed E-state index contributed by atoms with van der Waals surface area (Å²) in [5, 5.41) is 10.1. The monoisotopic (exact) mass is 217 g/mol. The van der Waals surface area contributed by atoms with E-state index >= 15 is 0 Å². The average molecular weight is 217 g/mol. The molecule has 2 heterocycles. The quantitative estimate of drug-likeness (QED) is 0.845. The molecule has 4 heteroatoms. The molecular formula is C12H15N3O. The second kappa shape index (κ2) is 4.45. The zero-order valence-corrected chi connectivity index (χ0v) is 9.46. The van der Waals surface area contributed by atoms with E-state index in [-0.39, 0.29) is 0 Å². The van der Waals surface area contributed by atoms with E-state index in [9.17, 15) is 5.11 Å². The van der Waals surface area contributed by atoms with Gasteiger partial charge in [-0.15, -0.1) is 0 Å². The van der Waals surface area contributed by atoms with Gasteiger partial charge in [-0.3, -0.25) is 4.98 Å². The topological polar surface area (TPSA) is 50.9 Å². The Morgan fingerprint density at radius 2 is 2.19 bits per heavy atom. The molecule has 0 aliphatic carbocycles. The fraction of sp³-hybridized carbons (Fsp3) is 0.333. The van der Waals surface area contributed by atoms with Gasteiger partial charge in [0.25, 0.3) is 0 Å². The van der Waals surface area contributed by atoms with Gasteiger partial charge >= 0.3 is 0 Å². The second-order valence-electron chi connectivity index (χ2n) is 3.88. The summed E-state index contributed by atoms with van der Waals surface area (Å²) in [4.78, 5) is 8.39. The molecule has 0 radical (unpaired) electrons. The predicted octanol–water partition coefficient (Wildman–Crippen LogP) is 1.40. The molecule has 2 aromatic rings. The lowest BCUT2D eigenvalue weighted by atomic mass is 10.1. The number of aliphatic hydroxyl groups excluding tert-OH is 1. The first-order chi connectivity index (χ1) is 7.68. The molecular weight excluding hydrogens is 202 g/mol. The highest BCUT2D eigenvalue weighted by Gasteiger charge is 2.14. The molecule has 84 valence electrons. The number of imidazole rings is 1. The van der Waals surface area contributed by atoms with Crippen LogP contribution in [0.1, 0.15) is 23.2 Å². The molecule has 0 aliphatic rings. The molecule has 0 amide bonds. The largest absolute Gasteiger partial charge is 0.386 e. The number of hydrogen-bond donors (Lipinski definition) is 1. The van der Waals surface area contributed by atoms with Crippen LogP contribution in [0.4, 0.5) is 0 Å². The minimum atomic E-state index is -0.595. The van der Waals surface area contributed by atoms with Crippen LogP contribution >= 0.6 is 0 Å². The van der Waals surface area contributed by atoms with Gasteiger partial charge in [0.1, 0.15) is 11.9 Å². The van der Waals surface area contributed by atoms with Crippen molar-refractivity contribution in [3.63, 3.8) is 0 Å². The first kappa shape index (κ1) is 10.8. The molecule has 16 heavy (non-hydrogen) atoms. The summed E-state index contributed by atoms with van der Waals surface area (Å²) < 4.78 is 1.90. The Morgan fingerprint density at radius 3 is 2.81 bits per heavy atom. The Balaban J connectivity index is 2.18. The maximum Gasteiger partial charge on any atom is 0.111 e. The zero-order chi connectivity index (χ0) is 11.5. The highest BCUT2D eigenvalue weighted by Crippen LogP contribution is 2.17. The van der Waals surface area contributed by atoms with Crippen LogP contribution in [-0.2, 0) is 13.5 Å². The highest BCUT2D eigenvalue weighted by atomic mass is 16.3. The molecule has 0 saturated carbocycles. The third-order valence-electron chi connectivity index (χ3n) is 2.66. The van der Waals surface area contributed by atoms with Gasteiger partial charge in [-0.25, -0.2) is 4.98 Å². The van der Waals surface area contributed by atoms with Crippen molar-refractivity contribution in [2.24, 2.45) is 7.05 Å². The lowest BCUT2D eigenvalue weighted by molar-refractivity contribution is 0.169. The normalized spacial score (nSPS) is 12.7. The van der Waals surface area contributed by atoms with Gasteiger partial charge in [0.05, 0.1) is 5.69 Å². The van der Waals surface area contributed by atoms with Gasteiger partial charge < -0.3 is 9.67 Å². The molecule has 0 aliphatic heterocycles. The van der Waals surface area contributed by atoms with E-state index in [1.165, 1.54) is 0 Å². The van der Waals surface area contributed by atoms with E-state index in [4.69, 9.17) is 0 Å². The SMILES string of the molecule is Cc1cccnc1C(O)Cc1nccn1C. The van der Waals surface area contributed by atoms with Crippen molar-refractivity contribution in [2.75, 3.05) is 0 Å². The minimum absolute atomic E-state index is 0.487. The number of rotatable bonds is 3. The molecule has 2 aromatic heterocycles. The molecule has 0 spiro atoms. The van der Waals surface area contributed by atoms with Crippen molar-refractivity contribution in [3.8, 4) is 0 Å². The zero-order valence-electron chi connectivity index (χ0n) is 9.46. The number of nitrogens with zero attached hydrogens (tertiary/aromatic N) is 3. The first-order valence-electron chi connectivity index (χ1n) is 5.24. The number of hydrogen-bond acceptors (Lipinski definition) is 3. The van der Waals surface area contributed by atoms with E-state index in [1.807, 2.05) is 36.9 Å². The van der Waals surface area contributed by atoms with Gasteiger partial charge in [-0.05, 0) is 18.6 Å². The van der Waals surface area contributed by atoms with Gasteiger partial charge in [-0.1, -0.05) is 6.07 Å². The summed E-state index contributed by atoms with van der Waals surface area (Å²) in [6.07, 6.45) is 5.19. The number of aryl methyl sites for hydroxylation is 2. The van der Waals surface area contributed by atoms with Crippen molar-refractivity contribution in [1.82, 2.24) is 14.5 Å². The summed E-state index contributed by atoms with van der Waals surface area (Å²) in [6, 6.07) is 3.82. The van der Waals surface area contributed by atoms with Crippen LogP contribution in [0.15, 0.2) is 30.7 Å². The van der Waals surface area contributed by atoms with Crippen molar-refractivity contribution >= 4 is 0 Å². The Hall–Kier alpha value is -1.68. The Labute approximate surface area is 94.6 Å². The van der Waals surface area contributed by atoms with Crippen molar-refractivity contribution in [2.45, 2.75) is 19.4 Å². The van der Waals surface area contributed by atoms with Crippen LogP contribution in [-0.4, -0.2) is 19.6 Å². The lowest BCUT2D eigenvalue weighted by Gasteiger charge is -2.12. The Kier molecular flexibility index (Phi) is 3.01. The molecule has 0 bridgehead atoms. The van der Waals surface area contributed by atoms with Crippen LogP contribution in [0.25, 0.3) is 0 Å². The Bertz CT molecular complexity index is 479. The van der Waals surface area contributed by atoms with Crippen molar-refractivity contribution in [3.05, 3.63) is 47.8 Å². The summed E-state index contributed by atoms with van der Waals surface area (Å²) in [6.45, 7) is 1.95. The number of pyridine rings is 1. The lowest BCUT2D eigenvalue weighted by Crippen LogP contribution is -2.09. The third-order valence-corrected chi connectivity index (χ3v) is 2.66. The molecule has 0 fully saturated rings.